The summed E-state index contributed by atoms with van der Waals surface area (Å²) in [5.41, 5.74) is 4.03. The summed E-state index contributed by atoms with van der Waals surface area (Å²) in [6.07, 6.45) is 8.32. The predicted molar refractivity (Wildman–Crippen MR) is 167 cm³/mol. The summed E-state index contributed by atoms with van der Waals surface area (Å²) in [6, 6.07) is 26.5. The Morgan fingerprint density at radius 3 is 2.17 bits per heavy atom. The zero-order valence-electron chi connectivity index (χ0n) is 23.0. The number of carbonyl (C=O) groups is 3. The Morgan fingerprint density at radius 2 is 1.59 bits per heavy atom. The van der Waals surface area contributed by atoms with Gasteiger partial charge < -0.3 is 5.32 Å². The maximum Gasteiger partial charge on any atom is 0.285 e. The van der Waals surface area contributed by atoms with E-state index < -0.39 is 11.8 Å². The monoisotopic (exact) mass is 561 g/mol. The van der Waals surface area contributed by atoms with E-state index in [1.807, 2.05) is 91.9 Å². The van der Waals surface area contributed by atoms with Gasteiger partial charge in [0.15, 0.2) is 5.17 Å². The lowest BCUT2D eigenvalue weighted by Crippen LogP contribution is -2.42. The number of aliphatic imine (C=N–C) groups is 1. The molecule has 3 aromatic carbocycles. The van der Waals surface area contributed by atoms with Crippen LogP contribution in [0.4, 0.5) is 0 Å². The SMILES string of the molecule is C=C/C=C\C(=C/C)N1C(=O)/C(=C/c2ccccc2C)C(=O)N=C1SCC(=O)NC(c1ccccc1)c1ccccc1. The molecule has 0 unspecified atom stereocenters. The molecule has 0 spiro atoms. The average molecular weight is 562 g/mol. The molecule has 0 aromatic heterocycles. The molecule has 41 heavy (non-hydrogen) atoms. The van der Waals surface area contributed by atoms with Gasteiger partial charge in [-0.15, -0.1) is 0 Å². The molecule has 0 bridgehead atoms. The second-order valence-corrected chi connectivity index (χ2v) is 10.1. The number of hydrogen-bond acceptors (Lipinski definition) is 4. The van der Waals surface area contributed by atoms with Gasteiger partial charge in [0, 0.05) is 5.70 Å². The van der Waals surface area contributed by atoms with Gasteiger partial charge in [-0.3, -0.25) is 19.3 Å². The molecule has 0 saturated heterocycles. The van der Waals surface area contributed by atoms with E-state index in [1.54, 1.807) is 37.3 Å². The van der Waals surface area contributed by atoms with Crippen LogP contribution in [0.1, 0.15) is 35.2 Å². The number of nitrogens with one attached hydrogen (secondary N) is 1. The fourth-order valence-corrected chi connectivity index (χ4v) is 5.11. The second kappa shape index (κ2) is 14.1. The number of hydrogen-bond donors (Lipinski definition) is 1. The third-order valence-corrected chi connectivity index (χ3v) is 7.34. The van der Waals surface area contributed by atoms with Gasteiger partial charge in [0.25, 0.3) is 11.8 Å². The third kappa shape index (κ3) is 7.26. The Bertz CT molecular complexity index is 1520. The fourth-order valence-electron chi connectivity index (χ4n) is 4.30. The molecular formula is C34H31N3O3S. The molecule has 3 amide bonds. The summed E-state index contributed by atoms with van der Waals surface area (Å²) in [5.74, 6) is -1.47. The van der Waals surface area contributed by atoms with Crippen molar-refractivity contribution in [2.24, 2.45) is 4.99 Å². The van der Waals surface area contributed by atoms with E-state index in [4.69, 9.17) is 0 Å². The molecule has 4 rings (SSSR count). The largest absolute Gasteiger partial charge is 0.344 e. The zero-order chi connectivity index (χ0) is 29.2. The number of allylic oxidation sites excluding steroid dienone is 4. The molecule has 0 aliphatic carbocycles. The number of aryl methyl sites for hydroxylation is 1. The smallest absolute Gasteiger partial charge is 0.285 e. The lowest BCUT2D eigenvalue weighted by atomic mass is 9.99. The molecular weight excluding hydrogens is 530 g/mol. The van der Waals surface area contributed by atoms with Crippen molar-refractivity contribution in [3.8, 4) is 0 Å². The Morgan fingerprint density at radius 1 is 0.976 bits per heavy atom. The third-order valence-electron chi connectivity index (χ3n) is 6.40. The molecule has 0 fully saturated rings. The lowest BCUT2D eigenvalue weighted by molar-refractivity contribution is -0.126. The van der Waals surface area contributed by atoms with E-state index in [2.05, 4.69) is 16.9 Å². The number of carbonyl (C=O) groups excluding carboxylic acids is 3. The lowest BCUT2D eigenvalue weighted by Gasteiger charge is -2.28. The molecule has 6 nitrogen and oxygen atoms in total. The first-order valence-corrected chi connectivity index (χ1v) is 14.1. The van der Waals surface area contributed by atoms with E-state index in [9.17, 15) is 14.4 Å². The number of nitrogens with zero attached hydrogens (tertiary/aromatic N) is 2. The number of rotatable bonds is 9. The predicted octanol–water partition coefficient (Wildman–Crippen LogP) is 6.39. The van der Waals surface area contributed by atoms with Gasteiger partial charge in [-0.1, -0.05) is 121 Å². The molecule has 1 aliphatic rings. The summed E-state index contributed by atoms with van der Waals surface area (Å²) < 4.78 is 0. The molecule has 206 valence electrons. The van der Waals surface area contributed by atoms with Crippen LogP contribution in [0.2, 0.25) is 0 Å². The second-order valence-electron chi connectivity index (χ2n) is 9.17. The summed E-state index contributed by atoms with van der Waals surface area (Å²) in [5, 5.41) is 3.23. The Kier molecular flexibility index (Phi) is 10.0. The van der Waals surface area contributed by atoms with Crippen molar-refractivity contribution < 1.29 is 14.4 Å². The molecule has 0 saturated carbocycles. The summed E-state index contributed by atoms with van der Waals surface area (Å²) in [7, 11) is 0. The maximum absolute atomic E-state index is 13.8. The molecule has 1 aliphatic heterocycles. The van der Waals surface area contributed by atoms with Crippen molar-refractivity contribution in [1.82, 2.24) is 10.2 Å². The van der Waals surface area contributed by atoms with Gasteiger partial charge in [-0.25, -0.2) is 0 Å². The van der Waals surface area contributed by atoms with Crippen molar-refractivity contribution >= 4 is 40.7 Å². The van der Waals surface area contributed by atoms with Crippen LogP contribution in [0.25, 0.3) is 6.08 Å². The van der Waals surface area contributed by atoms with Crippen molar-refractivity contribution in [2.45, 2.75) is 19.9 Å². The fraction of sp³-hybridized carbons (Fsp3) is 0.118. The standard InChI is InChI=1S/C34H31N3O3S/c1-4-6-21-28(5-2)37-33(40)29(22-27-20-14-13-15-24(27)3)32(39)36-34(37)41-23-30(38)35-31(25-16-9-7-10-17-25)26-18-11-8-12-19-26/h4-22,31H,1,23H2,2-3H3,(H,35,38)/b21-6-,28-5+,29-22+. The normalized spacial score (nSPS) is 15.0. The average Bonchev–Trinajstić information content (AvgIpc) is 3.00. The van der Waals surface area contributed by atoms with Crippen LogP contribution < -0.4 is 5.32 Å². The zero-order valence-corrected chi connectivity index (χ0v) is 23.8. The first kappa shape index (κ1) is 29.2. The first-order valence-electron chi connectivity index (χ1n) is 13.1. The van der Waals surface area contributed by atoms with Crippen LogP contribution in [0, 0.1) is 6.92 Å². The van der Waals surface area contributed by atoms with Gasteiger partial charge in [-0.2, -0.15) is 4.99 Å². The van der Waals surface area contributed by atoms with Gasteiger partial charge in [0.05, 0.1) is 11.8 Å². The van der Waals surface area contributed by atoms with Crippen molar-refractivity contribution in [1.29, 1.82) is 0 Å². The van der Waals surface area contributed by atoms with Crippen LogP contribution in [0.15, 0.2) is 132 Å². The van der Waals surface area contributed by atoms with E-state index in [0.29, 0.717) is 5.70 Å². The van der Waals surface area contributed by atoms with Gasteiger partial charge in [0.1, 0.15) is 5.57 Å². The highest BCUT2D eigenvalue weighted by Crippen LogP contribution is 2.27. The maximum atomic E-state index is 13.8. The van der Waals surface area contributed by atoms with E-state index >= 15 is 0 Å². The molecule has 1 heterocycles. The molecule has 0 atom stereocenters. The topological polar surface area (TPSA) is 78.8 Å². The molecule has 7 heteroatoms. The Balaban J connectivity index is 1.61. The first-order chi connectivity index (χ1) is 19.9. The molecule has 3 aromatic rings. The van der Waals surface area contributed by atoms with Gasteiger partial charge in [0.2, 0.25) is 5.91 Å². The molecule has 0 radical (unpaired) electrons. The van der Waals surface area contributed by atoms with Crippen LogP contribution in [-0.2, 0) is 14.4 Å². The van der Waals surface area contributed by atoms with Crippen molar-refractivity contribution in [3.63, 3.8) is 0 Å². The van der Waals surface area contributed by atoms with Crippen LogP contribution in [0.3, 0.4) is 0 Å². The summed E-state index contributed by atoms with van der Waals surface area (Å²) in [4.78, 5) is 45.8. The van der Waals surface area contributed by atoms with Gasteiger partial charge in [-0.05, 0) is 48.3 Å². The Hall–Kier alpha value is -4.75. The van der Waals surface area contributed by atoms with Crippen LogP contribution in [0.5, 0.6) is 0 Å². The number of amidine groups is 1. The minimum atomic E-state index is -0.646. The minimum absolute atomic E-state index is 0.0485. The van der Waals surface area contributed by atoms with E-state index in [1.165, 1.54) is 4.90 Å². The van der Waals surface area contributed by atoms with Gasteiger partial charge >= 0.3 is 0 Å². The molecule has 1 N–H and O–H groups in total. The van der Waals surface area contributed by atoms with E-state index in [0.717, 1.165) is 34.0 Å². The van der Waals surface area contributed by atoms with Crippen molar-refractivity contribution in [3.05, 3.63) is 149 Å². The quantitative estimate of drug-likeness (QED) is 0.187. The Labute approximate surface area is 244 Å². The summed E-state index contributed by atoms with van der Waals surface area (Å²) >= 11 is 1.04. The van der Waals surface area contributed by atoms with Crippen LogP contribution in [-0.4, -0.2) is 33.5 Å². The van der Waals surface area contributed by atoms with E-state index in [-0.39, 0.29) is 28.4 Å². The van der Waals surface area contributed by atoms with Crippen molar-refractivity contribution in [2.75, 3.05) is 5.75 Å². The number of amides is 3. The minimum Gasteiger partial charge on any atom is -0.344 e. The van der Waals surface area contributed by atoms with Crippen LogP contribution >= 0.6 is 11.8 Å². The number of thioether (sulfide) groups is 1. The summed E-state index contributed by atoms with van der Waals surface area (Å²) in [6.45, 7) is 7.41. The highest BCUT2D eigenvalue weighted by molar-refractivity contribution is 8.14. The highest BCUT2D eigenvalue weighted by atomic mass is 32.2. The number of benzene rings is 3. The highest BCUT2D eigenvalue weighted by Gasteiger charge is 2.35.